The molecule has 1 heterocycles. The summed E-state index contributed by atoms with van der Waals surface area (Å²) in [5.74, 6) is -0.115. The number of nitrogens with zero attached hydrogens (tertiary/aromatic N) is 1. The molecular formula is C8H16N4O2. The molecule has 0 aromatic heterocycles. The van der Waals surface area contributed by atoms with Crippen LogP contribution in [0.15, 0.2) is 0 Å². The van der Waals surface area contributed by atoms with Crippen molar-refractivity contribution in [1.29, 1.82) is 0 Å². The average Bonchev–Trinajstić information content (AvgIpc) is 1.98. The smallest absolute Gasteiger partial charge is 0.312 e. The lowest BCUT2D eigenvalue weighted by Gasteiger charge is -2.36. The van der Waals surface area contributed by atoms with Crippen LogP contribution >= 0.6 is 0 Å². The Morgan fingerprint density at radius 3 is 2.50 bits per heavy atom. The highest BCUT2D eigenvalue weighted by atomic mass is 16.2. The van der Waals surface area contributed by atoms with Gasteiger partial charge in [-0.05, 0) is 6.92 Å². The fraction of sp³-hybridized carbons (Fsp3) is 0.750. The summed E-state index contributed by atoms with van der Waals surface area (Å²) in [7, 11) is 1.73. The number of likely N-dealkylation sites (N-methyl/N-ethyl adjacent to an activating group) is 1. The zero-order chi connectivity index (χ0) is 10.7. The molecule has 0 bridgehead atoms. The van der Waals surface area contributed by atoms with E-state index in [1.165, 1.54) is 0 Å². The Bertz CT molecular complexity index is 239. The lowest BCUT2D eigenvalue weighted by molar-refractivity contribution is -0.134. The van der Waals surface area contributed by atoms with Gasteiger partial charge in [-0.25, -0.2) is 4.79 Å². The average molecular weight is 200 g/mol. The molecule has 0 aromatic rings. The summed E-state index contributed by atoms with van der Waals surface area (Å²) in [5, 5.41) is 5.42. The highest BCUT2D eigenvalue weighted by molar-refractivity contribution is 5.86. The van der Waals surface area contributed by atoms with Crippen molar-refractivity contribution in [3.8, 4) is 0 Å². The number of amides is 3. The lowest BCUT2D eigenvalue weighted by Crippen LogP contribution is -2.60. The number of rotatable bonds is 3. The normalized spacial score (nSPS) is 18.1. The molecule has 0 aliphatic carbocycles. The Balaban J connectivity index is 2.42. The highest BCUT2D eigenvalue weighted by Gasteiger charge is 2.28. The first-order valence-corrected chi connectivity index (χ1v) is 4.55. The Labute approximate surface area is 82.8 Å². The summed E-state index contributed by atoms with van der Waals surface area (Å²) in [6.07, 6.45) is 0. The van der Waals surface area contributed by atoms with E-state index < -0.39 is 12.1 Å². The van der Waals surface area contributed by atoms with Crippen molar-refractivity contribution in [3.63, 3.8) is 0 Å². The number of urea groups is 1. The van der Waals surface area contributed by atoms with E-state index in [2.05, 4.69) is 10.6 Å². The van der Waals surface area contributed by atoms with Gasteiger partial charge in [0, 0.05) is 20.1 Å². The van der Waals surface area contributed by atoms with Gasteiger partial charge in [-0.1, -0.05) is 0 Å². The molecule has 0 spiro atoms. The van der Waals surface area contributed by atoms with Crippen molar-refractivity contribution in [1.82, 2.24) is 15.5 Å². The second-order valence-corrected chi connectivity index (χ2v) is 3.49. The highest BCUT2D eigenvalue weighted by Crippen LogP contribution is 2.04. The van der Waals surface area contributed by atoms with Gasteiger partial charge in [0.15, 0.2) is 0 Å². The molecule has 14 heavy (non-hydrogen) atoms. The molecule has 6 heteroatoms. The SMILES string of the molecule is CC(NC(N)=O)C(=O)N(C)C1CNC1. The van der Waals surface area contributed by atoms with Crippen LogP contribution < -0.4 is 16.4 Å². The first-order chi connectivity index (χ1) is 6.52. The Morgan fingerprint density at radius 2 is 2.14 bits per heavy atom. The van der Waals surface area contributed by atoms with Crippen LogP contribution in [0.2, 0.25) is 0 Å². The van der Waals surface area contributed by atoms with E-state index in [-0.39, 0.29) is 11.9 Å². The third kappa shape index (κ3) is 2.35. The zero-order valence-corrected chi connectivity index (χ0v) is 8.41. The minimum absolute atomic E-state index is 0.115. The summed E-state index contributed by atoms with van der Waals surface area (Å²) < 4.78 is 0. The molecule has 3 amide bonds. The fourth-order valence-corrected chi connectivity index (χ4v) is 1.31. The van der Waals surface area contributed by atoms with Gasteiger partial charge in [-0.2, -0.15) is 0 Å². The molecule has 6 nitrogen and oxygen atoms in total. The van der Waals surface area contributed by atoms with E-state index >= 15 is 0 Å². The lowest BCUT2D eigenvalue weighted by atomic mass is 10.1. The van der Waals surface area contributed by atoms with Gasteiger partial charge in [-0.15, -0.1) is 0 Å². The number of hydrogen-bond acceptors (Lipinski definition) is 3. The van der Waals surface area contributed by atoms with Crippen LogP contribution in [-0.2, 0) is 4.79 Å². The van der Waals surface area contributed by atoms with Crippen molar-refractivity contribution in [2.45, 2.75) is 19.0 Å². The maximum absolute atomic E-state index is 11.6. The minimum atomic E-state index is -0.675. The fourth-order valence-electron chi connectivity index (χ4n) is 1.31. The number of hydrogen-bond donors (Lipinski definition) is 3. The Kier molecular flexibility index (Phi) is 3.29. The number of primary amides is 1. The standard InChI is InChI=1S/C8H16N4O2/c1-5(11-8(9)14)7(13)12(2)6-3-10-4-6/h5-6,10H,3-4H2,1-2H3,(H3,9,11,14). The maximum atomic E-state index is 11.6. The third-order valence-corrected chi connectivity index (χ3v) is 2.38. The van der Waals surface area contributed by atoms with Crippen LogP contribution in [-0.4, -0.2) is 49.1 Å². The first-order valence-electron chi connectivity index (χ1n) is 4.55. The molecule has 1 saturated heterocycles. The van der Waals surface area contributed by atoms with Gasteiger partial charge in [-0.3, -0.25) is 4.79 Å². The monoisotopic (exact) mass is 200 g/mol. The predicted molar refractivity (Wildman–Crippen MR) is 51.6 cm³/mol. The molecule has 0 aromatic carbocycles. The number of carbonyl (C=O) groups excluding carboxylic acids is 2. The predicted octanol–water partition coefficient (Wildman–Crippen LogP) is -1.53. The van der Waals surface area contributed by atoms with Gasteiger partial charge >= 0.3 is 6.03 Å². The Morgan fingerprint density at radius 1 is 1.57 bits per heavy atom. The van der Waals surface area contributed by atoms with Crippen LogP contribution in [0.5, 0.6) is 0 Å². The number of nitrogens with two attached hydrogens (primary N) is 1. The van der Waals surface area contributed by atoms with Crippen molar-refractivity contribution in [2.75, 3.05) is 20.1 Å². The molecule has 1 rings (SSSR count). The van der Waals surface area contributed by atoms with Crippen molar-refractivity contribution in [3.05, 3.63) is 0 Å². The molecule has 1 fully saturated rings. The molecule has 1 aliphatic heterocycles. The van der Waals surface area contributed by atoms with E-state index in [4.69, 9.17) is 5.73 Å². The molecule has 1 aliphatic rings. The van der Waals surface area contributed by atoms with Crippen molar-refractivity contribution in [2.24, 2.45) is 5.73 Å². The summed E-state index contributed by atoms with van der Waals surface area (Å²) in [4.78, 5) is 23.8. The van der Waals surface area contributed by atoms with Crippen LogP contribution in [0, 0.1) is 0 Å². The van der Waals surface area contributed by atoms with Gasteiger partial charge in [0.1, 0.15) is 6.04 Å². The molecule has 4 N–H and O–H groups in total. The third-order valence-electron chi connectivity index (χ3n) is 2.38. The molecule has 80 valence electrons. The second kappa shape index (κ2) is 4.28. The van der Waals surface area contributed by atoms with E-state index in [9.17, 15) is 9.59 Å². The van der Waals surface area contributed by atoms with E-state index in [0.29, 0.717) is 0 Å². The number of nitrogens with one attached hydrogen (secondary N) is 2. The second-order valence-electron chi connectivity index (χ2n) is 3.49. The molecule has 1 atom stereocenters. The summed E-state index contributed by atoms with van der Waals surface area (Å²) >= 11 is 0. The molecule has 0 saturated carbocycles. The van der Waals surface area contributed by atoms with Crippen LogP contribution in [0.4, 0.5) is 4.79 Å². The Hall–Kier alpha value is -1.30. The van der Waals surface area contributed by atoms with Crippen molar-refractivity contribution >= 4 is 11.9 Å². The van der Waals surface area contributed by atoms with Crippen LogP contribution in [0.1, 0.15) is 6.92 Å². The maximum Gasteiger partial charge on any atom is 0.312 e. The van der Waals surface area contributed by atoms with Crippen molar-refractivity contribution < 1.29 is 9.59 Å². The summed E-state index contributed by atoms with van der Waals surface area (Å²) in [6.45, 7) is 3.24. The molecule has 0 radical (unpaired) electrons. The number of carbonyl (C=O) groups is 2. The van der Waals surface area contributed by atoms with Gasteiger partial charge in [0.25, 0.3) is 0 Å². The van der Waals surface area contributed by atoms with E-state index in [1.54, 1.807) is 18.9 Å². The minimum Gasteiger partial charge on any atom is -0.352 e. The van der Waals surface area contributed by atoms with E-state index in [0.717, 1.165) is 13.1 Å². The summed E-state index contributed by atoms with van der Waals surface area (Å²) in [5.41, 5.74) is 4.92. The van der Waals surface area contributed by atoms with Crippen LogP contribution in [0.25, 0.3) is 0 Å². The van der Waals surface area contributed by atoms with Crippen LogP contribution in [0.3, 0.4) is 0 Å². The molecular weight excluding hydrogens is 184 g/mol. The topological polar surface area (TPSA) is 87.5 Å². The quantitative estimate of drug-likeness (QED) is 0.516. The van der Waals surface area contributed by atoms with E-state index in [1.807, 2.05) is 0 Å². The summed E-state index contributed by atoms with van der Waals surface area (Å²) in [6, 6.07) is -0.997. The zero-order valence-electron chi connectivity index (χ0n) is 8.41. The first kappa shape index (κ1) is 10.8. The largest absolute Gasteiger partial charge is 0.352 e. The van der Waals surface area contributed by atoms with Gasteiger partial charge < -0.3 is 21.3 Å². The van der Waals surface area contributed by atoms with Gasteiger partial charge in [0.05, 0.1) is 6.04 Å². The molecule has 1 unspecified atom stereocenters. The van der Waals surface area contributed by atoms with Gasteiger partial charge in [0.2, 0.25) is 5.91 Å².